The van der Waals surface area contributed by atoms with Gasteiger partial charge in [0.05, 0.1) is 0 Å². The molecule has 0 spiro atoms. The Hall–Kier alpha value is -0.210. The average molecular weight is 254 g/mol. The van der Waals surface area contributed by atoms with Gasteiger partial charge in [0, 0.05) is 25.7 Å². The number of hydrogen-bond acceptors (Lipinski definition) is 4. The summed E-state index contributed by atoms with van der Waals surface area (Å²) in [5.74, 6) is 0. The van der Waals surface area contributed by atoms with Crippen LogP contribution < -0.4 is 10.6 Å². The van der Waals surface area contributed by atoms with Gasteiger partial charge in [-0.15, -0.1) is 0 Å². The van der Waals surface area contributed by atoms with Gasteiger partial charge < -0.3 is 10.6 Å². The van der Waals surface area contributed by atoms with Crippen LogP contribution >= 0.6 is 0 Å². The summed E-state index contributed by atoms with van der Waals surface area (Å²) in [4.78, 5) is 0. The summed E-state index contributed by atoms with van der Waals surface area (Å²) in [5, 5.41) is 6.91. The molecule has 0 aromatic carbocycles. The summed E-state index contributed by atoms with van der Waals surface area (Å²) in [5.41, 5.74) is 0. The molecule has 1 fully saturated rings. The first-order valence-electron chi connectivity index (χ1n) is 5.57. The van der Waals surface area contributed by atoms with Crippen molar-refractivity contribution in [2.45, 2.75) is 38.6 Å². The van der Waals surface area contributed by atoms with Crippen LogP contribution in [0, 0.1) is 0 Å². The van der Waals surface area contributed by atoms with Gasteiger partial charge in [-0.3, -0.25) is 9.11 Å². The number of unbranched alkanes of at least 4 members (excludes halogenated alkanes) is 2. The van der Waals surface area contributed by atoms with Gasteiger partial charge in [-0.05, 0) is 6.42 Å². The van der Waals surface area contributed by atoms with Crippen LogP contribution in [0.1, 0.15) is 32.6 Å². The second kappa shape index (κ2) is 8.89. The minimum atomic E-state index is -4.67. The quantitative estimate of drug-likeness (QED) is 0.430. The Morgan fingerprint density at radius 1 is 1.25 bits per heavy atom. The molecule has 0 saturated carbocycles. The first kappa shape index (κ1) is 15.8. The topological polar surface area (TPSA) is 98.7 Å². The molecule has 1 aliphatic heterocycles. The second-order valence-corrected chi connectivity index (χ2v) is 4.69. The van der Waals surface area contributed by atoms with E-state index in [-0.39, 0.29) is 0 Å². The van der Waals surface area contributed by atoms with E-state index in [4.69, 9.17) is 17.5 Å². The summed E-state index contributed by atoms with van der Waals surface area (Å²) in [6, 6.07) is 0.746. The van der Waals surface area contributed by atoms with Crippen LogP contribution in [0.15, 0.2) is 0 Å². The second-order valence-electron chi connectivity index (χ2n) is 3.80. The monoisotopic (exact) mass is 254 g/mol. The van der Waals surface area contributed by atoms with Crippen LogP contribution in [0.2, 0.25) is 0 Å². The summed E-state index contributed by atoms with van der Waals surface area (Å²) >= 11 is 0. The van der Waals surface area contributed by atoms with Crippen LogP contribution in [-0.2, 0) is 10.4 Å². The molecule has 6 nitrogen and oxygen atoms in total. The normalized spacial score (nSPS) is 21.1. The molecule has 98 valence electrons. The molecule has 0 aliphatic carbocycles. The van der Waals surface area contributed by atoms with Crippen LogP contribution in [-0.4, -0.2) is 43.2 Å². The molecule has 1 aliphatic rings. The van der Waals surface area contributed by atoms with Crippen molar-refractivity contribution in [3.05, 3.63) is 0 Å². The van der Waals surface area contributed by atoms with Crippen molar-refractivity contribution in [3.8, 4) is 0 Å². The van der Waals surface area contributed by atoms with Gasteiger partial charge in [0.25, 0.3) is 0 Å². The number of hydrogen-bond donors (Lipinski definition) is 4. The van der Waals surface area contributed by atoms with Crippen molar-refractivity contribution in [1.29, 1.82) is 0 Å². The third-order valence-electron chi connectivity index (χ3n) is 2.28. The van der Waals surface area contributed by atoms with Crippen molar-refractivity contribution in [3.63, 3.8) is 0 Å². The summed E-state index contributed by atoms with van der Waals surface area (Å²) in [7, 11) is -4.67. The average Bonchev–Trinajstić information content (AvgIpc) is 2.17. The van der Waals surface area contributed by atoms with Crippen LogP contribution in [0.25, 0.3) is 0 Å². The molecule has 7 heteroatoms. The SMILES string of the molecule is CCCCCC1CNCCN1.O=S(=O)(O)O. The summed E-state index contributed by atoms with van der Waals surface area (Å²) in [6.07, 6.45) is 5.45. The molecule has 0 aromatic heterocycles. The highest BCUT2D eigenvalue weighted by Crippen LogP contribution is 2.03. The predicted molar refractivity (Wildman–Crippen MR) is 63.0 cm³/mol. The van der Waals surface area contributed by atoms with Crippen molar-refractivity contribution in [1.82, 2.24) is 10.6 Å². The molecule has 0 aromatic rings. The third kappa shape index (κ3) is 13.8. The number of piperazine rings is 1. The fourth-order valence-corrected chi connectivity index (χ4v) is 1.56. The third-order valence-corrected chi connectivity index (χ3v) is 2.28. The molecule has 1 rings (SSSR count). The first-order valence-corrected chi connectivity index (χ1v) is 6.97. The zero-order valence-corrected chi connectivity index (χ0v) is 10.5. The van der Waals surface area contributed by atoms with E-state index in [9.17, 15) is 0 Å². The molecular formula is C9H22N2O4S. The maximum atomic E-state index is 8.74. The Kier molecular flexibility index (Phi) is 8.77. The Balaban J connectivity index is 0.000000385. The minimum Gasteiger partial charge on any atom is -0.314 e. The maximum absolute atomic E-state index is 8.74. The van der Waals surface area contributed by atoms with E-state index in [2.05, 4.69) is 17.6 Å². The fourth-order valence-electron chi connectivity index (χ4n) is 1.56. The zero-order chi connectivity index (χ0) is 12.4. The highest BCUT2D eigenvalue weighted by Gasteiger charge is 2.10. The lowest BCUT2D eigenvalue weighted by atomic mass is 10.1. The standard InChI is InChI=1S/C9H20N2.H2O4S/c1-2-3-4-5-9-8-10-6-7-11-9;1-5(2,3)4/h9-11H,2-8H2,1H3;(H2,1,2,3,4). The molecular weight excluding hydrogens is 232 g/mol. The lowest BCUT2D eigenvalue weighted by Gasteiger charge is -2.24. The molecule has 0 amide bonds. The molecule has 0 radical (unpaired) electrons. The van der Waals surface area contributed by atoms with E-state index in [0.717, 1.165) is 19.1 Å². The summed E-state index contributed by atoms with van der Waals surface area (Å²) < 4.78 is 31.6. The van der Waals surface area contributed by atoms with Gasteiger partial charge in [-0.25, -0.2) is 0 Å². The minimum absolute atomic E-state index is 0.746. The molecule has 1 heterocycles. The van der Waals surface area contributed by atoms with Gasteiger partial charge in [0.1, 0.15) is 0 Å². The van der Waals surface area contributed by atoms with E-state index >= 15 is 0 Å². The predicted octanol–water partition coefficient (Wildman–Crippen LogP) is 0.475. The van der Waals surface area contributed by atoms with Gasteiger partial charge in [-0.2, -0.15) is 8.42 Å². The van der Waals surface area contributed by atoms with Crippen molar-refractivity contribution >= 4 is 10.4 Å². The van der Waals surface area contributed by atoms with E-state index in [1.807, 2.05) is 0 Å². The van der Waals surface area contributed by atoms with Crippen molar-refractivity contribution < 1.29 is 17.5 Å². The van der Waals surface area contributed by atoms with Crippen molar-refractivity contribution in [2.24, 2.45) is 0 Å². The fraction of sp³-hybridized carbons (Fsp3) is 1.00. The Morgan fingerprint density at radius 2 is 1.88 bits per heavy atom. The molecule has 1 unspecified atom stereocenters. The molecule has 0 bridgehead atoms. The van der Waals surface area contributed by atoms with Crippen molar-refractivity contribution in [2.75, 3.05) is 19.6 Å². The van der Waals surface area contributed by atoms with Gasteiger partial charge >= 0.3 is 10.4 Å². The van der Waals surface area contributed by atoms with Crippen LogP contribution in [0.4, 0.5) is 0 Å². The highest BCUT2D eigenvalue weighted by atomic mass is 32.3. The lowest BCUT2D eigenvalue weighted by molar-refractivity contribution is 0.381. The Morgan fingerprint density at radius 3 is 2.31 bits per heavy atom. The van der Waals surface area contributed by atoms with Crippen LogP contribution in [0.5, 0.6) is 0 Å². The smallest absolute Gasteiger partial charge is 0.314 e. The van der Waals surface area contributed by atoms with Crippen LogP contribution in [0.3, 0.4) is 0 Å². The highest BCUT2D eigenvalue weighted by molar-refractivity contribution is 7.79. The van der Waals surface area contributed by atoms with E-state index in [1.54, 1.807) is 0 Å². The van der Waals surface area contributed by atoms with E-state index < -0.39 is 10.4 Å². The molecule has 4 N–H and O–H groups in total. The Bertz CT molecular complexity index is 242. The molecule has 16 heavy (non-hydrogen) atoms. The molecule has 1 saturated heterocycles. The Labute approximate surface area is 97.4 Å². The summed E-state index contributed by atoms with van der Waals surface area (Å²) in [6.45, 7) is 5.72. The van der Waals surface area contributed by atoms with Gasteiger partial charge in [0.15, 0.2) is 0 Å². The number of nitrogens with one attached hydrogen (secondary N) is 2. The first-order chi connectivity index (χ1) is 7.43. The van der Waals surface area contributed by atoms with Gasteiger partial charge in [-0.1, -0.05) is 26.2 Å². The van der Waals surface area contributed by atoms with E-state index in [1.165, 1.54) is 32.2 Å². The number of rotatable bonds is 4. The lowest BCUT2D eigenvalue weighted by Crippen LogP contribution is -2.48. The molecule has 1 atom stereocenters. The van der Waals surface area contributed by atoms with E-state index in [0.29, 0.717) is 0 Å². The van der Waals surface area contributed by atoms with Gasteiger partial charge in [0.2, 0.25) is 0 Å². The largest absolute Gasteiger partial charge is 0.394 e. The maximum Gasteiger partial charge on any atom is 0.394 e. The zero-order valence-electron chi connectivity index (χ0n) is 9.65.